The number of fused-ring (bicyclic) bond motifs is 1. The summed E-state index contributed by atoms with van der Waals surface area (Å²) in [6, 6.07) is 10.9. The Kier molecular flexibility index (Phi) is 8.32. The Labute approximate surface area is 191 Å². The van der Waals surface area contributed by atoms with Crippen LogP contribution in [0.4, 0.5) is 0 Å². The normalized spacial score (nSPS) is 18.0. The van der Waals surface area contributed by atoms with Gasteiger partial charge in [-0.2, -0.15) is 0 Å². The van der Waals surface area contributed by atoms with E-state index in [0.717, 1.165) is 49.6 Å². The molecule has 7 heteroatoms. The highest BCUT2D eigenvalue weighted by Gasteiger charge is 2.22. The van der Waals surface area contributed by atoms with Crippen LogP contribution in [0.25, 0.3) is 0 Å². The molecule has 0 saturated carbocycles. The van der Waals surface area contributed by atoms with Crippen molar-refractivity contribution < 1.29 is 0 Å². The first kappa shape index (κ1) is 22.1. The van der Waals surface area contributed by atoms with Gasteiger partial charge in [0.2, 0.25) is 0 Å². The molecule has 0 radical (unpaired) electrons. The minimum Gasteiger partial charge on any atom is -0.349 e. The van der Waals surface area contributed by atoms with Crippen molar-refractivity contribution >= 4 is 29.9 Å². The molecule has 2 aromatic rings. The molecule has 29 heavy (non-hydrogen) atoms. The molecule has 0 bridgehead atoms. The van der Waals surface area contributed by atoms with E-state index in [1.807, 2.05) is 7.05 Å². The molecule has 1 saturated heterocycles. The molecule has 4 rings (SSSR count). The van der Waals surface area contributed by atoms with E-state index in [0.29, 0.717) is 6.54 Å². The number of rotatable bonds is 4. The van der Waals surface area contributed by atoms with E-state index in [-0.39, 0.29) is 24.0 Å². The molecular formula is C22H33IN6. The van der Waals surface area contributed by atoms with Crippen molar-refractivity contribution in [3.63, 3.8) is 0 Å². The summed E-state index contributed by atoms with van der Waals surface area (Å²) in [7, 11) is 1.88. The number of piperidine rings is 1. The highest BCUT2D eigenvalue weighted by Crippen LogP contribution is 2.22. The minimum absolute atomic E-state index is 0. The van der Waals surface area contributed by atoms with E-state index in [2.05, 4.69) is 60.3 Å². The zero-order chi connectivity index (χ0) is 19.2. The van der Waals surface area contributed by atoms with Crippen molar-refractivity contribution in [1.29, 1.82) is 0 Å². The lowest BCUT2D eigenvalue weighted by Gasteiger charge is -2.34. The quantitative estimate of drug-likeness (QED) is 0.389. The predicted molar refractivity (Wildman–Crippen MR) is 128 cm³/mol. The summed E-state index contributed by atoms with van der Waals surface area (Å²) in [5.74, 6) is 3.94. The lowest BCUT2D eigenvalue weighted by Crippen LogP contribution is -2.45. The summed E-state index contributed by atoms with van der Waals surface area (Å²) in [6.45, 7) is 3.87. The Bertz CT molecular complexity index is 780. The van der Waals surface area contributed by atoms with Gasteiger partial charge in [0, 0.05) is 33.1 Å². The van der Waals surface area contributed by atoms with Crippen molar-refractivity contribution in [1.82, 2.24) is 25.0 Å². The summed E-state index contributed by atoms with van der Waals surface area (Å²) < 4.78 is 2.30. The fourth-order valence-corrected chi connectivity index (χ4v) is 4.46. The number of benzene rings is 1. The van der Waals surface area contributed by atoms with Gasteiger partial charge in [-0.1, -0.05) is 36.8 Å². The molecule has 0 aliphatic carbocycles. The number of nitrogens with zero attached hydrogens (tertiary/aromatic N) is 5. The van der Waals surface area contributed by atoms with E-state index in [4.69, 9.17) is 0 Å². The zero-order valence-electron chi connectivity index (χ0n) is 17.4. The van der Waals surface area contributed by atoms with Crippen molar-refractivity contribution in [2.24, 2.45) is 10.9 Å². The van der Waals surface area contributed by atoms with Crippen LogP contribution in [0.1, 0.15) is 49.3 Å². The van der Waals surface area contributed by atoms with E-state index in [9.17, 15) is 0 Å². The smallest absolute Gasteiger partial charge is 0.194 e. The van der Waals surface area contributed by atoms with E-state index < -0.39 is 0 Å². The number of hydrogen-bond donors (Lipinski definition) is 1. The molecule has 1 aromatic heterocycles. The molecule has 3 heterocycles. The van der Waals surface area contributed by atoms with Gasteiger partial charge in [-0.05, 0) is 43.6 Å². The number of hydrogen-bond acceptors (Lipinski definition) is 3. The maximum absolute atomic E-state index is 4.52. The van der Waals surface area contributed by atoms with Gasteiger partial charge in [-0.15, -0.1) is 34.2 Å². The topological polar surface area (TPSA) is 58.3 Å². The molecule has 1 N–H and O–H groups in total. The van der Waals surface area contributed by atoms with Crippen molar-refractivity contribution in [3.05, 3.63) is 47.5 Å². The van der Waals surface area contributed by atoms with Crippen LogP contribution < -0.4 is 5.32 Å². The van der Waals surface area contributed by atoms with E-state index in [1.54, 1.807) is 0 Å². The molecule has 0 amide bonds. The van der Waals surface area contributed by atoms with Gasteiger partial charge in [-0.3, -0.25) is 4.99 Å². The van der Waals surface area contributed by atoms with Crippen LogP contribution in [-0.4, -0.2) is 45.8 Å². The Morgan fingerprint density at radius 3 is 2.62 bits per heavy atom. The molecule has 0 spiro atoms. The Balaban J connectivity index is 0.00000240. The summed E-state index contributed by atoms with van der Waals surface area (Å²) in [6.07, 6.45) is 8.41. The monoisotopic (exact) mass is 508 g/mol. The van der Waals surface area contributed by atoms with Crippen molar-refractivity contribution in [2.45, 2.75) is 58.0 Å². The van der Waals surface area contributed by atoms with Gasteiger partial charge >= 0.3 is 0 Å². The van der Waals surface area contributed by atoms with Crippen LogP contribution in [0.3, 0.4) is 0 Å². The summed E-state index contributed by atoms with van der Waals surface area (Å²) >= 11 is 0. The Hall–Kier alpha value is -1.64. The van der Waals surface area contributed by atoms with Gasteiger partial charge in [0.05, 0.1) is 6.54 Å². The molecule has 158 valence electrons. The average Bonchev–Trinajstić information content (AvgIpc) is 2.96. The number of guanidine groups is 1. The third-order valence-electron chi connectivity index (χ3n) is 6.08. The fourth-order valence-electron chi connectivity index (χ4n) is 4.46. The van der Waals surface area contributed by atoms with Gasteiger partial charge < -0.3 is 14.8 Å². The number of likely N-dealkylation sites (tertiary alicyclic amines) is 1. The largest absolute Gasteiger partial charge is 0.349 e. The fraction of sp³-hybridized carbons (Fsp3) is 0.591. The minimum atomic E-state index is 0. The van der Waals surface area contributed by atoms with Crippen LogP contribution in [0, 0.1) is 5.92 Å². The number of aromatic nitrogens is 3. The second-order valence-corrected chi connectivity index (χ2v) is 8.02. The summed E-state index contributed by atoms with van der Waals surface area (Å²) in [5, 5.41) is 12.4. The van der Waals surface area contributed by atoms with E-state index in [1.165, 1.54) is 44.1 Å². The zero-order valence-corrected chi connectivity index (χ0v) is 19.7. The number of aryl methyl sites for hydroxylation is 1. The maximum Gasteiger partial charge on any atom is 0.194 e. The molecular weight excluding hydrogens is 475 g/mol. The van der Waals surface area contributed by atoms with Crippen LogP contribution in [0.5, 0.6) is 0 Å². The van der Waals surface area contributed by atoms with Gasteiger partial charge in [-0.25, -0.2) is 0 Å². The number of nitrogens with one attached hydrogen (secondary N) is 1. The highest BCUT2D eigenvalue weighted by molar-refractivity contribution is 14.0. The Morgan fingerprint density at radius 2 is 1.86 bits per heavy atom. The molecule has 0 unspecified atom stereocenters. The Morgan fingerprint density at radius 1 is 1.07 bits per heavy atom. The van der Waals surface area contributed by atoms with Crippen molar-refractivity contribution in [3.8, 4) is 0 Å². The summed E-state index contributed by atoms with van der Waals surface area (Å²) in [4.78, 5) is 6.91. The van der Waals surface area contributed by atoms with Gasteiger partial charge in [0.1, 0.15) is 5.82 Å². The van der Waals surface area contributed by atoms with Gasteiger partial charge in [0.25, 0.3) is 0 Å². The second-order valence-electron chi connectivity index (χ2n) is 8.02. The van der Waals surface area contributed by atoms with Crippen LogP contribution in [0.2, 0.25) is 0 Å². The molecule has 2 aliphatic rings. The molecule has 1 fully saturated rings. The molecule has 0 atom stereocenters. The lowest BCUT2D eigenvalue weighted by atomic mass is 9.90. The highest BCUT2D eigenvalue weighted by atomic mass is 127. The maximum atomic E-state index is 4.52. The average molecular weight is 508 g/mol. The third kappa shape index (κ3) is 5.71. The first-order valence-electron chi connectivity index (χ1n) is 10.7. The lowest BCUT2D eigenvalue weighted by molar-refractivity contribution is 0.258. The number of aliphatic imine (C=N–C) groups is 1. The van der Waals surface area contributed by atoms with E-state index >= 15 is 0 Å². The predicted octanol–water partition coefficient (Wildman–Crippen LogP) is 3.65. The SMILES string of the molecule is CN=C(NCc1nnc2n1CCCCC2)N1CCC(Cc2ccccc2)CC1.I. The standard InChI is InChI=1S/C22H32N6.HI/c1-23-22(24-17-21-26-25-20-10-6-3-7-13-28(20)21)27-14-11-19(12-15-27)16-18-8-4-2-5-9-18;/h2,4-5,8-9,19H,3,6-7,10-17H2,1H3,(H,23,24);1H. The first-order valence-corrected chi connectivity index (χ1v) is 10.7. The second kappa shape index (κ2) is 10.9. The van der Waals surface area contributed by atoms with Crippen LogP contribution in [-0.2, 0) is 25.9 Å². The van der Waals surface area contributed by atoms with Crippen LogP contribution in [0.15, 0.2) is 35.3 Å². The third-order valence-corrected chi connectivity index (χ3v) is 6.08. The summed E-state index contributed by atoms with van der Waals surface area (Å²) in [5.41, 5.74) is 1.45. The molecule has 6 nitrogen and oxygen atoms in total. The van der Waals surface area contributed by atoms with Gasteiger partial charge in [0.15, 0.2) is 11.8 Å². The number of halogens is 1. The van der Waals surface area contributed by atoms with Crippen LogP contribution >= 0.6 is 24.0 Å². The first-order chi connectivity index (χ1) is 13.8. The molecule has 2 aliphatic heterocycles. The molecule has 1 aromatic carbocycles. The van der Waals surface area contributed by atoms with Crippen molar-refractivity contribution in [2.75, 3.05) is 20.1 Å².